The molecule has 2 aromatic carbocycles. The zero-order valence-corrected chi connectivity index (χ0v) is 15.5. The summed E-state index contributed by atoms with van der Waals surface area (Å²) in [4.78, 5) is 12.8. The fourth-order valence-electron chi connectivity index (χ4n) is 4.23. The van der Waals surface area contributed by atoms with Crippen LogP contribution >= 0.6 is 0 Å². The number of aryl methyl sites for hydroxylation is 2. The van der Waals surface area contributed by atoms with Gasteiger partial charge in [-0.2, -0.15) is 0 Å². The van der Waals surface area contributed by atoms with Crippen molar-refractivity contribution in [3.63, 3.8) is 0 Å². The van der Waals surface area contributed by atoms with E-state index in [1.54, 1.807) is 0 Å². The molecule has 0 radical (unpaired) electrons. The van der Waals surface area contributed by atoms with Gasteiger partial charge in [0.05, 0.1) is 12.1 Å². The molecule has 1 amide bonds. The number of carbonyl (C=O) groups excluding carboxylic acids is 1. The zero-order valence-electron chi connectivity index (χ0n) is 15.5. The lowest BCUT2D eigenvalue weighted by molar-refractivity contribution is -0.124. The molecule has 1 aliphatic carbocycles. The van der Waals surface area contributed by atoms with E-state index in [0.717, 1.165) is 6.42 Å². The third kappa shape index (κ3) is 3.27. The van der Waals surface area contributed by atoms with Crippen LogP contribution in [0.25, 0.3) is 0 Å². The quantitative estimate of drug-likeness (QED) is 0.794. The summed E-state index contributed by atoms with van der Waals surface area (Å²) in [6.45, 7) is 4.19. The van der Waals surface area contributed by atoms with Crippen molar-refractivity contribution in [2.45, 2.75) is 51.2 Å². The predicted molar refractivity (Wildman–Crippen MR) is 103 cm³/mol. The fourth-order valence-corrected chi connectivity index (χ4v) is 4.23. The highest BCUT2D eigenvalue weighted by molar-refractivity contribution is 5.83. The molecule has 136 valence electrons. The minimum Gasteiger partial charge on any atom is -0.348 e. The summed E-state index contributed by atoms with van der Waals surface area (Å²) in [7, 11) is 0. The Labute approximate surface area is 155 Å². The van der Waals surface area contributed by atoms with Crippen molar-refractivity contribution in [2.75, 3.05) is 0 Å². The number of amides is 1. The van der Waals surface area contributed by atoms with Crippen molar-refractivity contribution in [3.8, 4) is 0 Å². The number of carbonyl (C=O) groups is 1. The van der Waals surface area contributed by atoms with Crippen molar-refractivity contribution in [3.05, 3.63) is 70.8 Å². The molecule has 2 aromatic rings. The van der Waals surface area contributed by atoms with Crippen LogP contribution in [-0.2, 0) is 17.6 Å². The molecule has 1 aliphatic heterocycles. The molecule has 3 N–H and O–H groups in total. The Balaban J connectivity index is 1.42. The highest BCUT2D eigenvalue weighted by Gasteiger charge is 2.38. The van der Waals surface area contributed by atoms with Crippen LogP contribution < -0.4 is 16.2 Å². The second-order valence-electron chi connectivity index (χ2n) is 7.63. The van der Waals surface area contributed by atoms with Gasteiger partial charge in [0.1, 0.15) is 6.04 Å². The van der Waals surface area contributed by atoms with Crippen molar-refractivity contribution >= 4 is 5.91 Å². The molecule has 4 unspecified atom stereocenters. The first-order valence-corrected chi connectivity index (χ1v) is 9.61. The second-order valence-corrected chi connectivity index (χ2v) is 7.63. The molecule has 4 nitrogen and oxygen atoms in total. The third-order valence-corrected chi connectivity index (χ3v) is 5.87. The van der Waals surface area contributed by atoms with Crippen molar-refractivity contribution in [1.29, 1.82) is 0 Å². The molecule has 26 heavy (non-hydrogen) atoms. The van der Waals surface area contributed by atoms with Crippen molar-refractivity contribution in [1.82, 2.24) is 16.2 Å². The molecule has 4 rings (SSSR count). The Kier molecular flexibility index (Phi) is 4.79. The Hall–Kier alpha value is -2.17. The van der Waals surface area contributed by atoms with Crippen LogP contribution in [0.5, 0.6) is 0 Å². The van der Waals surface area contributed by atoms with Gasteiger partial charge in [0.15, 0.2) is 0 Å². The molecule has 1 heterocycles. The van der Waals surface area contributed by atoms with Gasteiger partial charge in [0.25, 0.3) is 0 Å². The summed E-state index contributed by atoms with van der Waals surface area (Å²) in [6.07, 6.45) is 3.59. The van der Waals surface area contributed by atoms with E-state index in [2.05, 4.69) is 60.3 Å². The van der Waals surface area contributed by atoms with Gasteiger partial charge in [0.2, 0.25) is 5.91 Å². The van der Waals surface area contributed by atoms with E-state index < -0.39 is 0 Å². The van der Waals surface area contributed by atoms with E-state index in [0.29, 0.717) is 0 Å². The van der Waals surface area contributed by atoms with Gasteiger partial charge >= 0.3 is 0 Å². The first-order valence-electron chi connectivity index (χ1n) is 9.61. The molecule has 4 heteroatoms. The first kappa shape index (κ1) is 17.3. The lowest BCUT2D eigenvalue weighted by Gasteiger charge is -2.21. The summed E-state index contributed by atoms with van der Waals surface area (Å²) in [6, 6.07) is 16.8. The molecular weight excluding hydrogens is 322 g/mol. The molecule has 1 fully saturated rings. The van der Waals surface area contributed by atoms with Crippen LogP contribution in [0, 0.1) is 5.92 Å². The summed E-state index contributed by atoms with van der Waals surface area (Å²) < 4.78 is 0. The maximum absolute atomic E-state index is 12.8. The van der Waals surface area contributed by atoms with Gasteiger partial charge in [-0.1, -0.05) is 55.5 Å². The van der Waals surface area contributed by atoms with E-state index >= 15 is 0 Å². The average Bonchev–Trinajstić information content (AvgIpc) is 3.28. The Morgan fingerprint density at radius 2 is 1.85 bits per heavy atom. The Morgan fingerprint density at radius 1 is 1.08 bits per heavy atom. The molecule has 0 aromatic heterocycles. The van der Waals surface area contributed by atoms with Crippen LogP contribution in [0.3, 0.4) is 0 Å². The number of hydrogen-bond donors (Lipinski definition) is 3. The number of benzene rings is 2. The Bertz CT molecular complexity index is 789. The van der Waals surface area contributed by atoms with Gasteiger partial charge < -0.3 is 5.32 Å². The number of hydrogen-bond acceptors (Lipinski definition) is 3. The Morgan fingerprint density at radius 3 is 2.65 bits per heavy atom. The molecule has 4 atom stereocenters. The highest BCUT2D eigenvalue weighted by atomic mass is 16.2. The third-order valence-electron chi connectivity index (χ3n) is 5.87. The lowest BCUT2D eigenvalue weighted by atomic mass is 9.90. The van der Waals surface area contributed by atoms with E-state index in [9.17, 15) is 4.79 Å². The van der Waals surface area contributed by atoms with Crippen molar-refractivity contribution < 1.29 is 4.79 Å². The van der Waals surface area contributed by atoms with E-state index in [1.807, 2.05) is 18.2 Å². The predicted octanol–water partition coefficient (Wildman–Crippen LogP) is 3.21. The maximum Gasteiger partial charge on any atom is 0.239 e. The SMILES string of the molecule is CC(NC(=O)C1NNC(c2ccccc2)C1C)c1ccc2c(c1)CCC2. The average molecular weight is 349 g/mol. The van der Waals surface area contributed by atoms with Crippen LogP contribution in [-0.4, -0.2) is 11.9 Å². The van der Waals surface area contributed by atoms with Crippen molar-refractivity contribution in [2.24, 2.45) is 5.92 Å². The van der Waals surface area contributed by atoms with Gasteiger partial charge in [-0.05, 0) is 48.4 Å². The van der Waals surface area contributed by atoms with Gasteiger partial charge in [0, 0.05) is 5.92 Å². The standard InChI is InChI=1S/C22H27N3O/c1-14-20(17-7-4-3-5-8-17)24-25-21(14)22(26)23-15(2)18-12-11-16-9-6-10-19(16)13-18/h3-5,7-8,11-15,20-21,24-25H,6,9-10H2,1-2H3,(H,23,26). The molecule has 0 spiro atoms. The number of rotatable bonds is 4. The van der Waals surface area contributed by atoms with Gasteiger partial charge in [-0.3, -0.25) is 4.79 Å². The number of hydrazine groups is 1. The molecule has 2 aliphatic rings. The summed E-state index contributed by atoms with van der Waals surface area (Å²) in [5.41, 5.74) is 11.8. The van der Waals surface area contributed by atoms with Gasteiger partial charge in [-0.25, -0.2) is 10.9 Å². The largest absolute Gasteiger partial charge is 0.348 e. The number of nitrogens with one attached hydrogen (secondary N) is 3. The topological polar surface area (TPSA) is 53.2 Å². The second kappa shape index (κ2) is 7.22. The highest BCUT2D eigenvalue weighted by Crippen LogP contribution is 2.29. The molecule has 0 bridgehead atoms. The summed E-state index contributed by atoms with van der Waals surface area (Å²) in [5, 5.41) is 3.19. The maximum atomic E-state index is 12.8. The lowest BCUT2D eigenvalue weighted by Crippen LogP contribution is -2.45. The van der Waals surface area contributed by atoms with E-state index in [1.165, 1.54) is 35.1 Å². The fraction of sp³-hybridized carbons (Fsp3) is 0.409. The zero-order chi connectivity index (χ0) is 18.1. The van der Waals surface area contributed by atoms with E-state index in [-0.39, 0.29) is 30.0 Å². The monoisotopic (exact) mass is 349 g/mol. The molecule has 1 saturated heterocycles. The van der Waals surface area contributed by atoms with Crippen LogP contribution in [0.2, 0.25) is 0 Å². The van der Waals surface area contributed by atoms with E-state index in [4.69, 9.17) is 0 Å². The number of fused-ring (bicyclic) bond motifs is 1. The minimum atomic E-state index is -0.239. The van der Waals surface area contributed by atoms with Crippen LogP contribution in [0.15, 0.2) is 48.5 Å². The summed E-state index contributed by atoms with van der Waals surface area (Å²) >= 11 is 0. The molecule has 0 saturated carbocycles. The smallest absolute Gasteiger partial charge is 0.239 e. The molecular formula is C22H27N3O. The minimum absolute atomic E-state index is 0.0122. The van der Waals surface area contributed by atoms with Crippen LogP contribution in [0.1, 0.15) is 54.6 Å². The van der Waals surface area contributed by atoms with Gasteiger partial charge in [-0.15, -0.1) is 0 Å². The first-order chi connectivity index (χ1) is 12.6. The summed E-state index contributed by atoms with van der Waals surface area (Å²) in [5.74, 6) is 0.223. The normalized spacial score (nSPS) is 25.7. The van der Waals surface area contributed by atoms with Crippen LogP contribution in [0.4, 0.5) is 0 Å².